The van der Waals surface area contributed by atoms with Crippen LogP contribution in [0.3, 0.4) is 0 Å². The fourth-order valence-corrected chi connectivity index (χ4v) is 3.95. The number of rotatable bonds is 4. The Morgan fingerprint density at radius 3 is 2.81 bits per heavy atom. The summed E-state index contributed by atoms with van der Waals surface area (Å²) in [4.78, 5) is 17.7. The summed E-state index contributed by atoms with van der Waals surface area (Å²) in [5.41, 5.74) is 3.14. The molecule has 4 aromatic rings. The normalized spacial score (nSPS) is 10.6. The summed E-state index contributed by atoms with van der Waals surface area (Å²) in [6.45, 7) is 0. The lowest BCUT2D eigenvalue weighted by molar-refractivity contribution is -0.115. The molecule has 8 heteroatoms. The van der Waals surface area contributed by atoms with Gasteiger partial charge in [-0.05, 0) is 30.3 Å². The van der Waals surface area contributed by atoms with E-state index in [-0.39, 0.29) is 30.6 Å². The number of thiazole rings is 1. The molecule has 2 heterocycles. The number of aromatic nitrogens is 2. The molecule has 1 amide bonds. The number of fused-ring (bicyclic) bond motifs is 1. The van der Waals surface area contributed by atoms with E-state index in [1.807, 2.05) is 40.2 Å². The summed E-state index contributed by atoms with van der Waals surface area (Å²) in [5.74, 6) is -0.581. The molecule has 4 rings (SSSR count). The Balaban J connectivity index is 0.00000210. The summed E-state index contributed by atoms with van der Waals surface area (Å²) in [6.07, 6.45) is 2.11. The van der Waals surface area contributed by atoms with Crippen LogP contribution in [-0.4, -0.2) is 15.3 Å². The van der Waals surface area contributed by atoms with Gasteiger partial charge in [-0.25, -0.2) is 9.37 Å². The summed E-state index contributed by atoms with van der Waals surface area (Å²) < 4.78 is 16.1. The van der Waals surface area contributed by atoms with Crippen molar-refractivity contribution in [2.75, 3.05) is 5.32 Å². The third-order valence-corrected chi connectivity index (χ3v) is 5.24. The number of imidazole rings is 1. The minimum atomic E-state index is -0.381. The molecule has 0 radical (unpaired) electrons. The number of nitrogens with one attached hydrogen (secondary N) is 1. The number of carbonyl (C=O) groups is 1. The molecule has 0 fully saturated rings. The predicted octanol–water partition coefficient (Wildman–Crippen LogP) is 5.57. The summed E-state index contributed by atoms with van der Waals surface area (Å²) in [7, 11) is 0. The lowest BCUT2D eigenvalue weighted by atomic mass is 10.2. The van der Waals surface area contributed by atoms with Gasteiger partial charge in [0.2, 0.25) is 5.91 Å². The Labute approximate surface area is 173 Å². The summed E-state index contributed by atoms with van der Waals surface area (Å²) >= 11 is 4.95. The minimum Gasteiger partial charge on any atom is -0.326 e. The van der Waals surface area contributed by atoms with Gasteiger partial charge in [0.1, 0.15) is 5.82 Å². The Morgan fingerprint density at radius 2 is 2.04 bits per heavy atom. The molecule has 138 valence electrons. The molecule has 0 atom stereocenters. The third-order valence-electron chi connectivity index (χ3n) is 3.85. The largest absolute Gasteiger partial charge is 0.326 e. The van der Waals surface area contributed by atoms with Crippen LogP contribution in [-0.2, 0) is 11.2 Å². The van der Waals surface area contributed by atoms with Crippen LogP contribution in [0, 0.1) is 5.82 Å². The molecule has 0 unspecified atom stereocenters. The highest BCUT2D eigenvalue weighted by Gasteiger charge is 2.13. The number of hydrogen-bond donors (Lipinski definition) is 1. The molecule has 0 bridgehead atoms. The Bertz CT molecular complexity index is 1110. The topological polar surface area (TPSA) is 46.4 Å². The van der Waals surface area contributed by atoms with Crippen molar-refractivity contribution in [3.8, 4) is 11.3 Å². The fourth-order valence-electron chi connectivity index (χ4n) is 2.68. The van der Waals surface area contributed by atoms with Gasteiger partial charge in [0, 0.05) is 33.0 Å². The Hall–Kier alpha value is -2.22. The summed E-state index contributed by atoms with van der Waals surface area (Å²) in [5, 5.41) is 4.63. The van der Waals surface area contributed by atoms with Crippen LogP contribution < -0.4 is 5.32 Å². The van der Waals surface area contributed by atoms with Gasteiger partial charge in [-0.15, -0.1) is 23.7 Å². The smallest absolute Gasteiger partial charge is 0.230 e. The molecule has 0 spiro atoms. The minimum absolute atomic E-state index is 0. The average Bonchev–Trinajstić information content (AvgIpc) is 3.17. The van der Waals surface area contributed by atoms with Crippen LogP contribution in [0.2, 0.25) is 0 Å². The first-order valence-corrected chi connectivity index (χ1v) is 9.52. The van der Waals surface area contributed by atoms with E-state index in [9.17, 15) is 9.18 Å². The van der Waals surface area contributed by atoms with Crippen molar-refractivity contribution in [2.24, 2.45) is 0 Å². The quantitative estimate of drug-likeness (QED) is 0.427. The molecule has 0 saturated heterocycles. The van der Waals surface area contributed by atoms with Crippen molar-refractivity contribution in [2.45, 2.75) is 6.42 Å². The van der Waals surface area contributed by atoms with Crippen molar-refractivity contribution in [3.05, 3.63) is 76.1 Å². The maximum Gasteiger partial charge on any atom is 0.230 e. The molecule has 27 heavy (non-hydrogen) atoms. The molecule has 2 aromatic carbocycles. The fraction of sp³-hybridized carbons (Fsp3) is 0.0526. The van der Waals surface area contributed by atoms with Gasteiger partial charge in [0.15, 0.2) is 4.96 Å². The molecule has 1 N–H and O–H groups in total. The number of amides is 1. The molecule has 2 aromatic heterocycles. The first kappa shape index (κ1) is 19.5. The predicted molar refractivity (Wildman–Crippen MR) is 112 cm³/mol. The lowest BCUT2D eigenvalue weighted by Gasteiger charge is -2.04. The molecular formula is C19H14BrClFN3OS. The highest BCUT2D eigenvalue weighted by molar-refractivity contribution is 9.10. The second-order valence-electron chi connectivity index (χ2n) is 5.75. The zero-order chi connectivity index (χ0) is 18.1. The van der Waals surface area contributed by atoms with E-state index in [0.717, 1.165) is 26.4 Å². The van der Waals surface area contributed by atoms with Gasteiger partial charge < -0.3 is 5.32 Å². The van der Waals surface area contributed by atoms with E-state index in [1.54, 1.807) is 12.1 Å². The standard InChI is InChI=1S/C19H13BrFN3OS.ClH/c20-13-4-1-3-12(7-13)17-10-24-16(11-26-19(24)23-17)9-18(25)22-15-6-2-5-14(21)8-15;/h1-8,10-11H,9H2,(H,22,25);1H. The first-order chi connectivity index (χ1) is 12.6. The van der Waals surface area contributed by atoms with Crippen molar-refractivity contribution < 1.29 is 9.18 Å². The highest BCUT2D eigenvalue weighted by Crippen LogP contribution is 2.26. The zero-order valence-electron chi connectivity index (χ0n) is 13.9. The van der Waals surface area contributed by atoms with Gasteiger partial charge in [0.05, 0.1) is 12.1 Å². The highest BCUT2D eigenvalue weighted by atomic mass is 79.9. The van der Waals surface area contributed by atoms with E-state index >= 15 is 0 Å². The van der Waals surface area contributed by atoms with E-state index in [1.165, 1.54) is 23.5 Å². The van der Waals surface area contributed by atoms with Gasteiger partial charge >= 0.3 is 0 Å². The number of nitrogens with zero attached hydrogens (tertiary/aromatic N) is 2. The van der Waals surface area contributed by atoms with E-state index in [4.69, 9.17) is 0 Å². The third kappa shape index (κ3) is 4.37. The van der Waals surface area contributed by atoms with E-state index < -0.39 is 0 Å². The van der Waals surface area contributed by atoms with Crippen molar-refractivity contribution in [1.82, 2.24) is 9.38 Å². The second-order valence-corrected chi connectivity index (χ2v) is 7.50. The van der Waals surface area contributed by atoms with Crippen LogP contribution in [0.4, 0.5) is 10.1 Å². The van der Waals surface area contributed by atoms with E-state index in [0.29, 0.717) is 5.69 Å². The van der Waals surface area contributed by atoms with Crippen LogP contribution in [0.15, 0.2) is 64.6 Å². The second kappa shape index (κ2) is 8.21. The SMILES string of the molecule is Cl.O=C(Cc1csc2nc(-c3cccc(Br)c3)cn12)Nc1cccc(F)c1. The Morgan fingerprint density at radius 1 is 1.22 bits per heavy atom. The van der Waals surface area contributed by atoms with Crippen LogP contribution >= 0.6 is 39.7 Å². The molecule has 0 aliphatic heterocycles. The van der Waals surface area contributed by atoms with Gasteiger partial charge in [0.25, 0.3) is 0 Å². The van der Waals surface area contributed by atoms with Crippen LogP contribution in [0.25, 0.3) is 16.2 Å². The summed E-state index contributed by atoms with van der Waals surface area (Å²) in [6, 6.07) is 13.8. The number of carbonyl (C=O) groups excluding carboxylic acids is 1. The molecule has 4 nitrogen and oxygen atoms in total. The van der Waals surface area contributed by atoms with Crippen LogP contribution in [0.1, 0.15) is 5.69 Å². The average molecular weight is 467 g/mol. The maximum absolute atomic E-state index is 13.2. The number of halogens is 3. The Kier molecular flexibility index (Phi) is 5.94. The number of anilines is 1. The van der Waals surface area contributed by atoms with E-state index in [2.05, 4.69) is 26.2 Å². The van der Waals surface area contributed by atoms with Gasteiger partial charge in [-0.1, -0.05) is 34.1 Å². The molecule has 0 saturated carbocycles. The number of benzene rings is 2. The molecule has 0 aliphatic carbocycles. The van der Waals surface area contributed by atoms with Crippen molar-refractivity contribution in [3.63, 3.8) is 0 Å². The molecular weight excluding hydrogens is 453 g/mol. The molecule has 0 aliphatic rings. The monoisotopic (exact) mass is 465 g/mol. The van der Waals surface area contributed by atoms with Crippen molar-refractivity contribution in [1.29, 1.82) is 0 Å². The zero-order valence-corrected chi connectivity index (χ0v) is 17.1. The lowest BCUT2D eigenvalue weighted by Crippen LogP contribution is -2.15. The van der Waals surface area contributed by atoms with Gasteiger partial charge in [-0.3, -0.25) is 9.20 Å². The first-order valence-electron chi connectivity index (χ1n) is 7.85. The maximum atomic E-state index is 13.2. The van der Waals surface area contributed by atoms with Crippen LogP contribution in [0.5, 0.6) is 0 Å². The van der Waals surface area contributed by atoms with Crippen molar-refractivity contribution >= 4 is 56.2 Å². The number of hydrogen-bond acceptors (Lipinski definition) is 3. The van der Waals surface area contributed by atoms with Gasteiger partial charge in [-0.2, -0.15) is 0 Å².